The van der Waals surface area contributed by atoms with Crippen LogP contribution in [0.25, 0.3) is 31.3 Å². The summed E-state index contributed by atoms with van der Waals surface area (Å²) >= 11 is 1.37. The van der Waals surface area contributed by atoms with Crippen LogP contribution in [0.5, 0.6) is 0 Å². The van der Waals surface area contributed by atoms with E-state index in [9.17, 15) is 34.7 Å². The van der Waals surface area contributed by atoms with Gasteiger partial charge in [-0.25, -0.2) is 0 Å². The fourth-order valence-corrected chi connectivity index (χ4v) is 8.11. The van der Waals surface area contributed by atoms with Gasteiger partial charge < -0.3 is 0 Å². The Balaban J connectivity index is 1.93. The van der Waals surface area contributed by atoms with E-state index < -0.39 is 70.1 Å². The molecule has 0 amide bonds. The Morgan fingerprint density at radius 2 is 0.974 bits per heavy atom. The Morgan fingerprint density at radius 1 is 0.641 bits per heavy atom. The first kappa shape index (κ1) is 28.0. The van der Waals surface area contributed by atoms with Crippen molar-refractivity contribution in [3.63, 3.8) is 0 Å². The summed E-state index contributed by atoms with van der Waals surface area (Å²) in [5.41, 5.74) is -4.57. The monoisotopic (exact) mass is 628 g/mol. The second-order valence-electron chi connectivity index (χ2n) is 8.81. The molecule has 6 nitrogen and oxygen atoms in total. The Bertz CT molecular complexity index is 1830. The van der Waals surface area contributed by atoms with Gasteiger partial charge >= 0.3 is 17.8 Å². The van der Waals surface area contributed by atoms with Gasteiger partial charge in [-0.15, -0.1) is 22.7 Å². The first-order chi connectivity index (χ1) is 17.7. The van der Waals surface area contributed by atoms with Crippen LogP contribution in [0.1, 0.15) is 20.9 Å². The Kier molecular flexibility index (Phi) is 5.94. The number of aryl methyl sites for hydroxylation is 2. The number of halogens is 6. The molecular formula is C23H14F6O6S4. The molecule has 39 heavy (non-hydrogen) atoms. The number of alkyl halides is 6. The summed E-state index contributed by atoms with van der Waals surface area (Å²) in [6, 6.07) is 5.42. The molecule has 0 saturated heterocycles. The lowest BCUT2D eigenvalue weighted by Crippen LogP contribution is -2.48. The van der Waals surface area contributed by atoms with Crippen LogP contribution in [-0.4, -0.2) is 43.7 Å². The zero-order chi connectivity index (χ0) is 29.1. The minimum absolute atomic E-state index is 0.0384. The van der Waals surface area contributed by atoms with E-state index in [-0.39, 0.29) is 29.9 Å². The standard InChI is InChI=1S/C23H14F6O6S4/c1-9-17(13-5-3-11(38(30,31)32)7-15(13)36-9)19-20(22(26,27)23(28,29)21(19,24)25)18-10(2)37-16-8-12(39(33,34)35)4-6-14(16)18/h3-8H,1-2H3,(H,30,31,32)(H,33,34,35). The molecule has 0 radical (unpaired) electrons. The molecule has 16 heteroatoms. The van der Waals surface area contributed by atoms with Crippen molar-refractivity contribution in [1.82, 2.24) is 0 Å². The minimum atomic E-state index is -5.87. The number of hydrogen-bond acceptors (Lipinski definition) is 6. The number of fused-ring (bicyclic) bond motifs is 2. The van der Waals surface area contributed by atoms with Gasteiger partial charge in [0.1, 0.15) is 0 Å². The highest BCUT2D eigenvalue weighted by atomic mass is 32.2. The summed E-state index contributed by atoms with van der Waals surface area (Å²) in [6.45, 7) is 2.44. The maximum atomic E-state index is 15.5. The van der Waals surface area contributed by atoms with Gasteiger partial charge in [0.05, 0.1) is 9.79 Å². The minimum Gasteiger partial charge on any atom is -0.282 e. The molecule has 2 heterocycles. The molecule has 2 N–H and O–H groups in total. The lowest BCUT2D eigenvalue weighted by Gasteiger charge is -2.26. The highest BCUT2D eigenvalue weighted by molar-refractivity contribution is 7.86. The predicted octanol–water partition coefficient (Wildman–Crippen LogP) is 7.06. The average Bonchev–Trinajstić information content (AvgIpc) is 3.32. The van der Waals surface area contributed by atoms with Gasteiger partial charge in [0, 0.05) is 52.2 Å². The predicted molar refractivity (Wildman–Crippen MR) is 134 cm³/mol. The first-order valence-corrected chi connectivity index (χ1v) is 15.1. The molecule has 4 aromatic rings. The first-order valence-electron chi connectivity index (χ1n) is 10.6. The summed E-state index contributed by atoms with van der Waals surface area (Å²) in [6.07, 6.45) is 0. The summed E-state index contributed by atoms with van der Waals surface area (Å²) in [7, 11) is -9.44. The Hall–Kier alpha value is -2.50. The smallest absolute Gasteiger partial charge is 0.282 e. The van der Waals surface area contributed by atoms with Crippen molar-refractivity contribution < 1.29 is 52.3 Å². The average molecular weight is 629 g/mol. The third-order valence-electron chi connectivity index (χ3n) is 6.44. The molecular weight excluding hydrogens is 615 g/mol. The maximum Gasteiger partial charge on any atom is 0.380 e. The summed E-state index contributed by atoms with van der Waals surface area (Å²) in [4.78, 5) is -1.41. The molecule has 0 fully saturated rings. The van der Waals surface area contributed by atoms with Gasteiger partial charge in [0.2, 0.25) is 0 Å². The van der Waals surface area contributed by atoms with Crippen molar-refractivity contribution in [2.75, 3.05) is 0 Å². The SMILES string of the molecule is Cc1sc2cc(S(=O)(=O)O)ccc2c1C1=C(c2c(C)sc3cc(S(=O)(=O)O)ccc23)C(F)(F)C(F)(F)C1(F)F. The lowest BCUT2D eigenvalue weighted by molar-refractivity contribution is -0.254. The molecule has 0 saturated carbocycles. The Morgan fingerprint density at radius 3 is 1.28 bits per heavy atom. The molecule has 5 rings (SSSR count). The third-order valence-corrected chi connectivity index (χ3v) is 10.3. The molecule has 0 aliphatic heterocycles. The van der Waals surface area contributed by atoms with E-state index in [0.29, 0.717) is 22.7 Å². The van der Waals surface area contributed by atoms with Crippen molar-refractivity contribution in [2.24, 2.45) is 0 Å². The van der Waals surface area contributed by atoms with Crippen LogP contribution in [0.2, 0.25) is 0 Å². The topological polar surface area (TPSA) is 109 Å². The van der Waals surface area contributed by atoms with Crippen LogP contribution in [-0.2, 0) is 20.2 Å². The van der Waals surface area contributed by atoms with Gasteiger partial charge in [0.25, 0.3) is 20.2 Å². The molecule has 0 unspecified atom stereocenters. The van der Waals surface area contributed by atoms with Crippen LogP contribution in [0.4, 0.5) is 26.3 Å². The molecule has 2 aromatic heterocycles. The van der Waals surface area contributed by atoms with Crippen molar-refractivity contribution >= 4 is 74.2 Å². The van der Waals surface area contributed by atoms with E-state index in [2.05, 4.69) is 0 Å². The molecule has 208 valence electrons. The van der Waals surface area contributed by atoms with E-state index in [1.165, 1.54) is 13.8 Å². The van der Waals surface area contributed by atoms with Gasteiger partial charge in [-0.1, -0.05) is 12.1 Å². The van der Waals surface area contributed by atoms with E-state index >= 15 is 17.6 Å². The maximum absolute atomic E-state index is 15.5. The van der Waals surface area contributed by atoms with E-state index in [0.717, 1.165) is 36.4 Å². The van der Waals surface area contributed by atoms with Crippen molar-refractivity contribution in [3.8, 4) is 0 Å². The van der Waals surface area contributed by atoms with Crippen molar-refractivity contribution in [3.05, 3.63) is 57.3 Å². The summed E-state index contributed by atoms with van der Waals surface area (Å²) < 4.78 is 157. The highest BCUT2D eigenvalue weighted by Crippen LogP contribution is 2.67. The van der Waals surface area contributed by atoms with Crippen molar-refractivity contribution in [1.29, 1.82) is 0 Å². The van der Waals surface area contributed by atoms with E-state index in [4.69, 9.17) is 0 Å². The molecule has 0 spiro atoms. The zero-order valence-electron chi connectivity index (χ0n) is 19.4. The van der Waals surface area contributed by atoms with Crippen molar-refractivity contribution in [2.45, 2.75) is 41.4 Å². The number of benzene rings is 2. The van der Waals surface area contributed by atoms with Gasteiger partial charge in [-0.3, -0.25) is 9.11 Å². The number of allylic oxidation sites excluding steroid dienone is 2. The fraction of sp³-hybridized carbons (Fsp3) is 0.217. The summed E-state index contributed by atoms with van der Waals surface area (Å²) in [5, 5.41) is -0.423. The van der Waals surface area contributed by atoms with Gasteiger partial charge in [-0.2, -0.15) is 43.2 Å². The second-order valence-corrected chi connectivity index (χ2v) is 14.2. The van der Waals surface area contributed by atoms with Crippen LogP contribution in [0, 0.1) is 13.8 Å². The second kappa shape index (κ2) is 8.27. The number of hydrogen-bond donors (Lipinski definition) is 2. The van der Waals surface area contributed by atoms with Gasteiger partial charge in [-0.05, 0) is 38.1 Å². The molecule has 0 atom stereocenters. The van der Waals surface area contributed by atoms with Crippen LogP contribution in [0.3, 0.4) is 0 Å². The quantitative estimate of drug-likeness (QED) is 0.185. The van der Waals surface area contributed by atoms with Crippen LogP contribution < -0.4 is 0 Å². The third kappa shape index (κ3) is 3.87. The van der Waals surface area contributed by atoms with Crippen LogP contribution >= 0.6 is 22.7 Å². The molecule has 2 aromatic carbocycles. The van der Waals surface area contributed by atoms with Crippen LogP contribution in [0.15, 0.2) is 46.2 Å². The lowest BCUT2D eigenvalue weighted by atomic mass is 9.91. The molecule has 1 aliphatic carbocycles. The number of thiophene rings is 2. The fourth-order valence-electron chi connectivity index (χ4n) is 4.73. The zero-order valence-corrected chi connectivity index (χ0v) is 22.7. The molecule has 0 bridgehead atoms. The van der Waals surface area contributed by atoms with E-state index in [1.54, 1.807) is 0 Å². The van der Waals surface area contributed by atoms with Gasteiger partial charge in [0.15, 0.2) is 0 Å². The van der Waals surface area contributed by atoms with E-state index in [1.807, 2.05) is 0 Å². The highest BCUT2D eigenvalue weighted by Gasteiger charge is 2.80. The molecule has 1 aliphatic rings. The Labute approximate surface area is 224 Å². The number of rotatable bonds is 4. The largest absolute Gasteiger partial charge is 0.380 e. The summed E-state index contributed by atoms with van der Waals surface area (Å²) in [5.74, 6) is -16.6. The normalized spacial score (nSPS) is 18.9.